The van der Waals surface area contributed by atoms with E-state index >= 15 is 0 Å². The Morgan fingerprint density at radius 3 is 2.90 bits per heavy atom. The van der Waals surface area contributed by atoms with Crippen LogP contribution in [0.3, 0.4) is 0 Å². The van der Waals surface area contributed by atoms with Crippen LogP contribution in [0.25, 0.3) is 0 Å². The van der Waals surface area contributed by atoms with Crippen LogP contribution in [0.2, 0.25) is 0 Å². The van der Waals surface area contributed by atoms with E-state index in [1.807, 2.05) is 0 Å². The first-order valence-electron chi connectivity index (χ1n) is 7.01. The number of likely N-dealkylation sites (N-methyl/N-ethyl adjacent to an activating group) is 1. The molecule has 0 spiro atoms. The summed E-state index contributed by atoms with van der Waals surface area (Å²) in [4.78, 5) is 13.1. The fourth-order valence-electron chi connectivity index (χ4n) is 2.63. The first kappa shape index (κ1) is 15.9. The maximum absolute atomic E-state index is 12.2. The molecule has 1 aromatic carbocycles. The van der Waals surface area contributed by atoms with Crippen LogP contribution >= 0.6 is 0 Å². The SMILES string of the molecule is CCN1CCCC1CNS(=O)(=O)c1cccc(C(=O)O)c1. The maximum Gasteiger partial charge on any atom is 0.335 e. The van der Waals surface area contributed by atoms with Crippen LogP contribution in [0.5, 0.6) is 0 Å². The average Bonchev–Trinajstić information content (AvgIpc) is 2.93. The van der Waals surface area contributed by atoms with Crippen LogP contribution < -0.4 is 4.72 Å². The molecule has 1 aliphatic rings. The number of nitrogens with zero attached hydrogens (tertiary/aromatic N) is 1. The molecule has 6 nitrogen and oxygen atoms in total. The van der Waals surface area contributed by atoms with Gasteiger partial charge in [0.1, 0.15) is 0 Å². The lowest BCUT2D eigenvalue weighted by atomic mass is 10.2. The minimum absolute atomic E-state index is 0.0107. The van der Waals surface area contributed by atoms with Crippen LogP contribution in [0.1, 0.15) is 30.1 Å². The Kier molecular flexibility index (Phi) is 4.97. The van der Waals surface area contributed by atoms with Gasteiger partial charge >= 0.3 is 5.97 Å². The molecule has 1 aromatic rings. The number of benzene rings is 1. The fourth-order valence-corrected chi connectivity index (χ4v) is 3.75. The van der Waals surface area contributed by atoms with Crippen LogP contribution in [0.15, 0.2) is 29.2 Å². The van der Waals surface area contributed by atoms with Crippen LogP contribution in [-0.2, 0) is 10.0 Å². The van der Waals surface area contributed by atoms with Crippen molar-refractivity contribution in [2.45, 2.75) is 30.7 Å². The molecule has 1 atom stereocenters. The van der Waals surface area contributed by atoms with E-state index in [0.717, 1.165) is 25.9 Å². The first-order chi connectivity index (χ1) is 9.94. The standard InChI is InChI=1S/C14H20N2O4S/c1-2-16-8-4-6-12(16)10-15-21(19,20)13-7-3-5-11(9-13)14(17)18/h3,5,7,9,12,15H,2,4,6,8,10H2,1H3,(H,17,18). The van der Waals surface area contributed by atoms with Crippen LogP contribution in [-0.4, -0.2) is 50.1 Å². The third-order valence-electron chi connectivity index (χ3n) is 3.81. The zero-order valence-electron chi connectivity index (χ0n) is 11.9. The molecule has 1 unspecified atom stereocenters. The Balaban J connectivity index is 2.08. The molecular weight excluding hydrogens is 292 g/mol. The summed E-state index contributed by atoms with van der Waals surface area (Å²) in [5, 5.41) is 8.92. The van der Waals surface area contributed by atoms with E-state index in [2.05, 4.69) is 16.5 Å². The Labute approximate surface area is 124 Å². The van der Waals surface area contributed by atoms with E-state index in [1.54, 1.807) is 0 Å². The molecule has 1 heterocycles. The Morgan fingerprint density at radius 2 is 2.24 bits per heavy atom. The zero-order chi connectivity index (χ0) is 15.5. The monoisotopic (exact) mass is 312 g/mol. The highest BCUT2D eigenvalue weighted by molar-refractivity contribution is 7.89. The number of hydrogen-bond donors (Lipinski definition) is 2. The van der Waals surface area contributed by atoms with E-state index < -0.39 is 16.0 Å². The topological polar surface area (TPSA) is 86.7 Å². The Bertz CT molecular complexity index is 615. The van der Waals surface area contributed by atoms with E-state index in [4.69, 9.17) is 5.11 Å². The van der Waals surface area contributed by atoms with Gasteiger partial charge in [0, 0.05) is 12.6 Å². The molecule has 0 aromatic heterocycles. The number of carbonyl (C=O) groups is 1. The third kappa shape index (κ3) is 3.81. The van der Waals surface area contributed by atoms with Gasteiger partial charge in [-0.25, -0.2) is 17.9 Å². The van der Waals surface area contributed by atoms with Gasteiger partial charge < -0.3 is 5.11 Å². The quantitative estimate of drug-likeness (QED) is 0.823. The maximum atomic E-state index is 12.2. The summed E-state index contributed by atoms with van der Waals surface area (Å²) in [5.41, 5.74) is -0.0334. The summed E-state index contributed by atoms with van der Waals surface area (Å²) >= 11 is 0. The molecule has 1 saturated heterocycles. The highest BCUT2D eigenvalue weighted by Gasteiger charge is 2.25. The van der Waals surface area contributed by atoms with Crippen LogP contribution in [0.4, 0.5) is 0 Å². The molecule has 0 saturated carbocycles. The molecule has 0 bridgehead atoms. The van der Waals surface area contributed by atoms with Crippen molar-refractivity contribution in [1.82, 2.24) is 9.62 Å². The van der Waals surface area contributed by atoms with Gasteiger partial charge in [0.25, 0.3) is 0 Å². The normalized spacial score (nSPS) is 19.8. The number of aromatic carboxylic acids is 1. The van der Waals surface area contributed by atoms with E-state index in [-0.39, 0.29) is 16.5 Å². The van der Waals surface area contributed by atoms with Gasteiger partial charge in [0.15, 0.2) is 0 Å². The van der Waals surface area contributed by atoms with Crippen molar-refractivity contribution in [2.24, 2.45) is 0 Å². The molecule has 7 heteroatoms. The van der Waals surface area contributed by atoms with Gasteiger partial charge in [-0.1, -0.05) is 13.0 Å². The molecule has 2 rings (SSSR count). The molecule has 0 amide bonds. The number of rotatable bonds is 6. The Morgan fingerprint density at radius 1 is 1.48 bits per heavy atom. The van der Waals surface area contributed by atoms with E-state index in [9.17, 15) is 13.2 Å². The number of hydrogen-bond acceptors (Lipinski definition) is 4. The van der Waals surface area contributed by atoms with Crippen molar-refractivity contribution in [2.75, 3.05) is 19.6 Å². The first-order valence-corrected chi connectivity index (χ1v) is 8.49. The van der Waals surface area contributed by atoms with Gasteiger partial charge in [0.05, 0.1) is 10.5 Å². The van der Waals surface area contributed by atoms with E-state index in [0.29, 0.717) is 6.54 Å². The molecule has 21 heavy (non-hydrogen) atoms. The lowest BCUT2D eigenvalue weighted by Gasteiger charge is -2.22. The van der Waals surface area contributed by atoms with Crippen molar-refractivity contribution in [1.29, 1.82) is 0 Å². The minimum atomic E-state index is -3.68. The number of nitrogens with one attached hydrogen (secondary N) is 1. The largest absolute Gasteiger partial charge is 0.478 e. The highest BCUT2D eigenvalue weighted by Crippen LogP contribution is 2.17. The predicted molar refractivity (Wildman–Crippen MR) is 78.9 cm³/mol. The predicted octanol–water partition coefficient (Wildman–Crippen LogP) is 1.15. The van der Waals surface area contributed by atoms with Crippen molar-refractivity contribution < 1.29 is 18.3 Å². The number of likely N-dealkylation sites (tertiary alicyclic amines) is 1. The van der Waals surface area contributed by atoms with Crippen LogP contribution in [0, 0.1) is 0 Å². The second-order valence-corrected chi connectivity index (χ2v) is 6.88. The molecule has 1 aliphatic heterocycles. The van der Waals surface area contributed by atoms with Crippen molar-refractivity contribution in [3.8, 4) is 0 Å². The number of carboxylic acid groups (broad SMARTS) is 1. The molecule has 2 N–H and O–H groups in total. The molecule has 0 aliphatic carbocycles. The molecule has 1 fully saturated rings. The molecule has 0 radical (unpaired) electrons. The summed E-state index contributed by atoms with van der Waals surface area (Å²) in [5.74, 6) is -1.14. The third-order valence-corrected chi connectivity index (χ3v) is 5.23. The summed E-state index contributed by atoms with van der Waals surface area (Å²) in [6, 6.07) is 5.61. The van der Waals surface area contributed by atoms with Gasteiger partial charge in [-0.3, -0.25) is 4.90 Å². The van der Waals surface area contributed by atoms with E-state index in [1.165, 1.54) is 24.3 Å². The van der Waals surface area contributed by atoms with Crippen molar-refractivity contribution in [3.05, 3.63) is 29.8 Å². The Hall–Kier alpha value is -1.44. The van der Waals surface area contributed by atoms with Gasteiger partial charge in [0.2, 0.25) is 10.0 Å². The highest BCUT2D eigenvalue weighted by atomic mass is 32.2. The summed E-state index contributed by atoms with van der Waals surface area (Å²) in [6.07, 6.45) is 2.06. The van der Waals surface area contributed by atoms with Crippen molar-refractivity contribution >= 4 is 16.0 Å². The second kappa shape index (κ2) is 6.55. The minimum Gasteiger partial charge on any atom is -0.478 e. The number of carboxylic acids is 1. The van der Waals surface area contributed by atoms with Gasteiger partial charge in [-0.2, -0.15) is 0 Å². The molecule has 116 valence electrons. The zero-order valence-corrected chi connectivity index (χ0v) is 12.8. The lowest BCUT2D eigenvalue weighted by molar-refractivity contribution is 0.0696. The molecular formula is C14H20N2O4S. The second-order valence-electron chi connectivity index (χ2n) is 5.11. The van der Waals surface area contributed by atoms with Gasteiger partial charge in [-0.05, 0) is 44.1 Å². The lowest BCUT2D eigenvalue weighted by Crippen LogP contribution is -2.40. The summed E-state index contributed by atoms with van der Waals surface area (Å²) < 4.78 is 27.1. The van der Waals surface area contributed by atoms with Crippen molar-refractivity contribution in [3.63, 3.8) is 0 Å². The summed E-state index contributed by atoms with van der Waals surface area (Å²) in [7, 11) is -3.68. The van der Waals surface area contributed by atoms with Gasteiger partial charge in [-0.15, -0.1) is 0 Å². The fraction of sp³-hybridized carbons (Fsp3) is 0.500. The summed E-state index contributed by atoms with van der Waals surface area (Å²) in [6.45, 7) is 4.31. The average molecular weight is 312 g/mol. The smallest absolute Gasteiger partial charge is 0.335 e. The number of sulfonamides is 1.